The van der Waals surface area contributed by atoms with Crippen LogP contribution in [0.15, 0.2) is 30.4 Å². The zero-order valence-electron chi connectivity index (χ0n) is 57.7. The molecule has 0 bridgehead atoms. The average Bonchev–Trinajstić information content (AvgIpc) is 1.97. The number of carbonyl (C=O) groups is 6. The lowest BCUT2D eigenvalue weighted by Crippen LogP contribution is -2.45. The molecule has 0 unspecified atom stereocenters. The van der Waals surface area contributed by atoms with E-state index in [9.17, 15) is 28.8 Å². The molecule has 1 N–H and O–H groups in total. The Morgan fingerprint density at radius 3 is 1.25 bits per heavy atom. The van der Waals surface area contributed by atoms with E-state index in [1.165, 1.54) is 0 Å². The van der Waals surface area contributed by atoms with Crippen molar-refractivity contribution < 1.29 is 105 Å². The van der Waals surface area contributed by atoms with Crippen molar-refractivity contribution in [3.63, 3.8) is 0 Å². The number of aryl methyl sites for hydroxylation is 1. The number of nitrogens with zero attached hydrogens (tertiary/aromatic N) is 2. The van der Waals surface area contributed by atoms with Gasteiger partial charge in [-0.3, -0.25) is 33.7 Å². The van der Waals surface area contributed by atoms with E-state index in [1.54, 1.807) is 55.8 Å². The van der Waals surface area contributed by atoms with Crippen LogP contribution in [0.2, 0.25) is 0 Å². The lowest BCUT2D eigenvalue weighted by Gasteiger charge is -2.23. The Kier molecular flexibility index (Phi) is 51.9. The summed E-state index contributed by atoms with van der Waals surface area (Å²) in [6.45, 7) is 27.2. The molecule has 1 aliphatic rings. The van der Waals surface area contributed by atoms with E-state index >= 15 is 0 Å². The van der Waals surface area contributed by atoms with Gasteiger partial charge in [0.2, 0.25) is 5.91 Å². The Morgan fingerprint density at radius 2 is 0.860 bits per heavy atom. The Bertz CT molecular complexity index is 2060. The number of unbranched alkanes of at least 4 members (excludes halogenated alkanes) is 2. The van der Waals surface area contributed by atoms with Crippen molar-refractivity contribution in [2.75, 3.05) is 225 Å². The first kappa shape index (κ1) is 84.8. The summed E-state index contributed by atoms with van der Waals surface area (Å²) in [5, 5.41) is 2.81. The minimum absolute atomic E-state index is 0.0263. The van der Waals surface area contributed by atoms with E-state index in [2.05, 4.69) is 10.2 Å². The molecule has 25 nitrogen and oxygen atoms in total. The highest BCUT2D eigenvalue weighted by molar-refractivity contribution is 6.14. The molecular weight excluding hydrogens is 1210 g/mol. The molecule has 0 saturated heterocycles. The SMILES string of the molecule is COCCOCCOCCCCCOCCOCCOCCOCCCN(CCCOCCOCCOCCOCCOCCOCCOCCOC)CCCc1cc(CC(=O)[C@H](C)NC(=O)[C@@H](CC(=O)CN2C(=O)C=CC2=O)C(C)C)ccc1COC(=O)C(C)(C)C. The van der Waals surface area contributed by atoms with Gasteiger partial charge in [-0.2, -0.15) is 0 Å². The fourth-order valence-electron chi connectivity index (χ4n) is 8.97. The van der Waals surface area contributed by atoms with Crippen molar-refractivity contribution in [2.24, 2.45) is 17.3 Å². The number of nitrogens with one attached hydrogen (secondary N) is 1. The van der Waals surface area contributed by atoms with Crippen LogP contribution >= 0.6 is 0 Å². The van der Waals surface area contributed by atoms with Crippen LogP contribution in [0.1, 0.15) is 103 Å². The third-order valence-corrected chi connectivity index (χ3v) is 14.4. The van der Waals surface area contributed by atoms with Gasteiger partial charge in [0.15, 0.2) is 11.6 Å². The Balaban J connectivity index is 1.86. The number of ether oxygens (including phenoxy) is 16. The summed E-state index contributed by atoms with van der Waals surface area (Å²) in [6, 6.07) is 4.84. The molecular formula is C68H117N3O22. The van der Waals surface area contributed by atoms with Crippen LogP contribution in [0.5, 0.6) is 0 Å². The van der Waals surface area contributed by atoms with E-state index in [0.717, 1.165) is 98.5 Å². The smallest absolute Gasteiger partial charge is 0.311 e. The van der Waals surface area contributed by atoms with Gasteiger partial charge in [-0.1, -0.05) is 32.0 Å². The van der Waals surface area contributed by atoms with E-state index in [4.69, 9.17) is 75.8 Å². The number of amides is 3. The molecule has 2 atom stereocenters. The van der Waals surface area contributed by atoms with Gasteiger partial charge in [0, 0.05) is 84.6 Å². The zero-order valence-corrected chi connectivity index (χ0v) is 57.7. The zero-order chi connectivity index (χ0) is 67.8. The maximum atomic E-state index is 13.7. The highest BCUT2D eigenvalue weighted by Gasteiger charge is 2.31. The standard InChI is InChI=1S/C68H117N3O22/c1-56(2)62(53-61(72)54-71-64(74)18-19-65(71)75)66(76)69-57(3)63(73)52-58-16-17-60(55-93-67(77)68(4,5)6)59(51-58)15-12-20-70(21-13-25-82-33-37-87-42-41-86-36-32-81-24-11-9-10-23-80-31-35-84-29-27-78-7)22-14-26-83-34-38-88-43-44-90-47-48-92-50-49-91-46-45-89-40-39-85-30-28-79-8/h16-19,51,56-57,62H,9-15,20-50,52-55H2,1-8H3,(H,69,76)/t57-,62-/m0/s1. The van der Waals surface area contributed by atoms with Crippen molar-refractivity contribution >= 4 is 35.3 Å². The summed E-state index contributed by atoms with van der Waals surface area (Å²) < 4.78 is 88.9. The van der Waals surface area contributed by atoms with Crippen LogP contribution in [-0.4, -0.2) is 276 Å². The van der Waals surface area contributed by atoms with Gasteiger partial charge in [-0.05, 0) is 102 Å². The monoisotopic (exact) mass is 1330 g/mol. The van der Waals surface area contributed by atoms with Crippen molar-refractivity contribution in [1.82, 2.24) is 15.1 Å². The van der Waals surface area contributed by atoms with Gasteiger partial charge < -0.3 is 86.0 Å². The fraction of sp³-hybridized carbons (Fsp3) is 0.794. The maximum Gasteiger partial charge on any atom is 0.311 e. The number of esters is 1. The topological polar surface area (TPSA) is 269 Å². The van der Waals surface area contributed by atoms with Gasteiger partial charge in [-0.15, -0.1) is 0 Å². The van der Waals surface area contributed by atoms with E-state index in [1.807, 2.05) is 18.2 Å². The number of hydrogen-bond donors (Lipinski definition) is 1. The summed E-state index contributed by atoms with van der Waals surface area (Å²) in [5.74, 6) is -3.65. The summed E-state index contributed by atoms with van der Waals surface area (Å²) >= 11 is 0. The number of hydrogen-bond acceptors (Lipinski definition) is 23. The lowest BCUT2D eigenvalue weighted by atomic mass is 9.89. The van der Waals surface area contributed by atoms with Crippen LogP contribution in [0, 0.1) is 17.3 Å². The molecule has 0 radical (unpaired) electrons. The average molecular weight is 1330 g/mol. The quantitative estimate of drug-likeness (QED) is 0.0496. The number of Topliss-reactive ketones (excluding diaryl/α,β-unsaturated/α-hetero) is 2. The van der Waals surface area contributed by atoms with E-state index in [-0.39, 0.29) is 37.1 Å². The van der Waals surface area contributed by atoms with Gasteiger partial charge >= 0.3 is 5.97 Å². The van der Waals surface area contributed by atoms with Crippen LogP contribution in [0.25, 0.3) is 0 Å². The molecule has 0 fully saturated rings. The number of carbonyl (C=O) groups excluding carboxylic acids is 6. The second kappa shape index (κ2) is 56.9. The van der Waals surface area contributed by atoms with Gasteiger partial charge in [0.05, 0.1) is 177 Å². The van der Waals surface area contributed by atoms with Gasteiger partial charge in [0.1, 0.15) is 6.61 Å². The van der Waals surface area contributed by atoms with E-state index in [0.29, 0.717) is 185 Å². The number of benzene rings is 1. The second-order valence-electron chi connectivity index (χ2n) is 23.7. The molecule has 1 aromatic rings. The number of ketones is 2. The predicted molar refractivity (Wildman–Crippen MR) is 348 cm³/mol. The fourth-order valence-corrected chi connectivity index (χ4v) is 8.97. The van der Waals surface area contributed by atoms with Gasteiger partial charge in [0.25, 0.3) is 11.8 Å². The summed E-state index contributed by atoms with van der Waals surface area (Å²) in [7, 11) is 3.29. The minimum Gasteiger partial charge on any atom is -0.460 e. The molecule has 1 heterocycles. The third-order valence-electron chi connectivity index (χ3n) is 14.4. The first-order chi connectivity index (χ1) is 45.1. The molecule has 3 amide bonds. The lowest BCUT2D eigenvalue weighted by molar-refractivity contribution is -0.154. The highest BCUT2D eigenvalue weighted by atomic mass is 16.6. The molecule has 0 aliphatic carbocycles. The molecule has 25 heteroatoms. The van der Waals surface area contributed by atoms with Crippen molar-refractivity contribution in [1.29, 1.82) is 0 Å². The molecule has 93 heavy (non-hydrogen) atoms. The van der Waals surface area contributed by atoms with Crippen molar-refractivity contribution in [2.45, 2.75) is 112 Å². The van der Waals surface area contributed by atoms with Gasteiger partial charge in [-0.25, -0.2) is 0 Å². The largest absolute Gasteiger partial charge is 0.460 e. The summed E-state index contributed by atoms with van der Waals surface area (Å²) in [5.41, 5.74) is 1.83. The Morgan fingerprint density at radius 1 is 0.484 bits per heavy atom. The third kappa shape index (κ3) is 45.7. The minimum atomic E-state index is -0.871. The van der Waals surface area contributed by atoms with E-state index < -0.39 is 47.4 Å². The molecule has 536 valence electrons. The predicted octanol–water partition coefficient (Wildman–Crippen LogP) is 5.24. The first-order valence-corrected chi connectivity index (χ1v) is 33.4. The van der Waals surface area contributed by atoms with Crippen LogP contribution in [0.4, 0.5) is 0 Å². The van der Waals surface area contributed by atoms with Crippen LogP contribution in [-0.2, 0) is 124 Å². The second-order valence-corrected chi connectivity index (χ2v) is 23.7. The maximum absolute atomic E-state index is 13.7. The van der Waals surface area contributed by atoms with Crippen molar-refractivity contribution in [3.05, 3.63) is 47.0 Å². The molecule has 2 rings (SSSR count). The molecule has 0 saturated carbocycles. The molecule has 0 aromatic heterocycles. The molecule has 1 aromatic carbocycles. The number of imide groups is 1. The highest BCUT2D eigenvalue weighted by Crippen LogP contribution is 2.22. The number of methoxy groups -OCH3 is 2. The molecule has 0 spiro atoms. The number of rotatable bonds is 66. The first-order valence-electron chi connectivity index (χ1n) is 33.4. The van der Waals surface area contributed by atoms with Crippen LogP contribution < -0.4 is 5.32 Å². The summed E-state index contributed by atoms with van der Waals surface area (Å²) in [4.78, 5) is 80.5. The Hall–Kier alpha value is -4.26. The summed E-state index contributed by atoms with van der Waals surface area (Å²) in [6.07, 6.45) is 8.05. The Labute approximate surface area is 554 Å². The molecule has 1 aliphatic heterocycles. The van der Waals surface area contributed by atoms with Crippen molar-refractivity contribution in [3.8, 4) is 0 Å². The normalized spacial score (nSPS) is 13.3. The van der Waals surface area contributed by atoms with Crippen LogP contribution in [0.3, 0.4) is 0 Å².